The van der Waals surface area contributed by atoms with Crippen LogP contribution in [-0.2, 0) is 6.42 Å². The van der Waals surface area contributed by atoms with Crippen LogP contribution in [0.25, 0.3) is 5.69 Å². The Kier molecular flexibility index (Phi) is 3.43. The maximum atomic E-state index is 13.1. The Labute approximate surface area is 104 Å². The molecule has 3 nitrogen and oxygen atoms in total. The highest BCUT2D eigenvalue weighted by atomic mass is 35.5. The van der Waals surface area contributed by atoms with Crippen LogP contribution < -0.4 is 0 Å². The number of hydrogen-bond acceptors (Lipinski definition) is 2. The quantitative estimate of drug-likeness (QED) is 0.840. The molecule has 1 heterocycles. The summed E-state index contributed by atoms with van der Waals surface area (Å²) in [5.74, 6) is 0.541. The monoisotopic (exact) mass is 253 g/mol. The van der Waals surface area contributed by atoms with Crippen molar-refractivity contribution in [2.24, 2.45) is 0 Å². The lowest BCUT2D eigenvalue weighted by Gasteiger charge is -2.10. The van der Waals surface area contributed by atoms with Crippen molar-refractivity contribution < 1.29 is 4.39 Å². The highest BCUT2D eigenvalue weighted by Crippen LogP contribution is 2.21. The summed E-state index contributed by atoms with van der Waals surface area (Å²) in [5, 5.41) is 8.20. The second-order valence-electron chi connectivity index (χ2n) is 3.90. The molecule has 0 aliphatic rings. The van der Waals surface area contributed by atoms with Crippen LogP contribution in [0.1, 0.15) is 24.7 Å². The van der Waals surface area contributed by atoms with Crippen molar-refractivity contribution in [2.75, 3.05) is 0 Å². The third-order valence-electron chi connectivity index (χ3n) is 2.56. The Balaban J connectivity index is 2.55. The molecule has 0 unspecified atom stereocenters. The first kappa shape index (κ1) is 12.0. The number of aryl methyl sites for hydroxylation is 2. The molecule has 0 radical (unpaired) electrons. The Morgan fingerprint density at radius 1 is 1.35 bits per heavy atom. The van der Waals surface area contributed by atoms with Crippen LogP contribution in [0.4, 0.5) is 4.39 Å². The molecule has 0 saturated carbocycles. The minimum Gasteiger partial charge on any atom is -0.269 e. The topological polar surface area (TPSA) is 30.7 Å². The zero-order valence-electron chi connectivity index (χ0n) is 9.74. The molecule has 2 aromatic rings. The van der Waals surface area contributed by atoms with Crippen molar-refractivity contribution >= 4 is 11.6 Å². The molecule has 0 aliphatic carbocycles. The summed E-state index contributed by atoms with van der Waals surface area (Å²) in [6.07, 6.45) is 1.74. The van der Waals surface area contributed by atoms with Crippen LogP contribution in [0.2, 0.25) is 5.28 Å². The molecule has 0 atom stereocenters. The predicted octanol–water partition coefficient (Wildman–Crippen LogP) is 3.32. The third kappa shape index (κ3) is 2.31. The first-order valence-corrected chi connectivity index (χ1v) is 5.87. The number of benzene rings is 1. The summed E-state index contributed by atoms with van der Waals surface area (Å²) in [6.45, 7) is 3.90. The summed E-state index contributed by atoms with van der Waals surface area (Å²) in [4.78, 5) is 0. The molecule has 0 aliphatic heterocycles. The zero-order chi connectivity index (χ0) is 12.4. The fourth-order valence-corrected chi connectivity index (χ4v) is 2.01. The normalized spacial score (nSPS) is 10.8. The van der Waals surface area contributed by atoms with Crippen molar-refractivity contribution in [1.29, 1.82) is 0 Å². The van der Waals surface area contributed by atoms with E-state index in [0.717, 1.165) is 29.9 Å². The number of aromatic nitrogens is 3. The summed E-state index contributed by atoms with van der Waals surface area (Å²) in [6, 6.07) is 4.58. The van der Waals surface area contributed by atoms with Gasteiger partial charge in [0.05, 0.1) is 5.69 Å². The van der Waals surface area contributed by atoms with Gasteiger partial charge in [-0.15, -0.1) is 10.2 Å². The van der Waals surface area contributed by atoms with Gasteiger partial charge in [0.1, 0.15) is 11.6 Å². The maximum absolute atomic E-state index is 13.1. The first-order valence-electron chi connectivity index (χ1n) is 5.49. The van der Waals surface area contributed by atoms with E-state index in [1.807, 2.05) is 6.92 Å². The van der Waals surface area contributed by atoms with E-state index in [1.54, 1.807) is 10.6 Å². The Bertz CT molecular complexity index is 537. The van der Waals surface area contributed by atoms with Gasteiger partial charge in [0, 0.05) is 6.42 Å². The van der Waals surface area contributed by atoms with Crippen molar-refractivity contribution in [3.8, 4) is 5.69 Å². The molecule has 1 aromatic carbocycles. The van der Waals surface area contributed by atoms with Gasteiger partial charge in [-0.25, -0.2) is 4.39 Å². The van der Waals surface area contributed by atoms with E-state index in [9.17, 15) is 4.39 Å². The van der Waals surface area contributed by atoms with Crippen molar-refractivity contribution in [3.05, 3.63) is 40.7 Å². The predicted molar refractivity (Wildman–Crippen MR) is 65.1 cm³/mol. The average molecular weight is 254 g/mol. The molecular weight excluding hydrogens is 241 g/mol. The molecular formula is C12H13ClFN3. The van der Waals surface area contributed by atoms with Crippen molar-refractivity contribution in [3.63, 3.8) is 0 Å². The number of nitrogens with zero attached hydrogens (tertiary/aromatic N) is 3. The lowest BCUT2D eigenvalue weighted by atomic mass is 10.2. The molecule has 1 aromatic heterocycles. The summed E-state index contributed by atoms with van der Waals surface area (Å²) in [5.41, 5.74) is 1.63. The van der Waals surface area contributed by atoms with Gasteiger partial charge in [-0.1, -0.05) is 6.92 Å². The fourth-order valence-electron chi connectivity index (χ4n) is 1.79. The fraction of sp³-hybridized carbons (Fsp3) is 0.333. The molecule has 0 bridgehead atoms. The van der Waals surface area contributed by atoms with Gasteiger partial charge in [-0.05, 0) is 48.7 Å². The lowest BCUT2D eigenvalue weighted by molar-refractivity contribution is 0.626. The van der Waals surface area contributed by atoms with Gasteiger partial charge < -0.3 is 0 Å². The van der Waals surface area contributed by atoms with E-state index in [1.165, 1.54) is 12.1 Å². The van der Waals surface area contributed by atoms with E-state index in [-0.39, 0.29) is 5.82 Å². The van der Waals surface area contributed by atoms with Crippen LogP contribution in [0.3, 0.4) is 0 Å². The second-order valence-corrected chi connectivity index (χ2v) is 4.24. The zero-order valence-corrected chi connectivity index (χ0v) is 10.5. The molecule has 5 heteroatoms. The summed E-state index contributed by atoms with van der Waals surface area (Å²) >= 11 is 6.02. The maximum Gasteiger partial charge on any atom is 0.229 e. The highest BCUT2D eigenvalue weighted by Gasteiger charge is 2.13. The lowest BCUT2D eigenvalue weighted by Crippen LogP contribution is -2.03. The molecule has 17 heavy (non-hydrogen) atoms. The van der Waals surface area contributed by atoms with Crippen molar-refractivity contribution in [2.45, 2.75) is 26.7 Å². The van der Waals surface area contributed by atoms with Crippen LogP contribution in [-0.4, -0.2) is 14.8 Å². The first-order chi connectivity index (χ1) is 8.13. The Hall–Kier alpha value is -1.42. The smallest absolute Gasteiger partial charge is 0.229 e. The van der Waals surface area contributed by atoms with Crippen molar-refractivity contribution in [1.82, 2.24) is 14.8 Å². The van der Waals surface area contributed by atoms with E-state index in [0.29, 0.717) is 5.28 Å². The number of halogens is 2. The molecule has 0 amide bonds. The van der Waals surface area contributed by atoms with Gasteiger partial charge in [-0.3, -0.25) is 4.57 Å². The van der Waals surface area contributed by atoms with E-state index < -0.39 is 0 Å². The summed E-state index contributed by atoms with van der Waals surface area (Å²) in [7, 11) is 0. The van der Waals surface area contributed by atoms with Crippen LogP contribution >= 0.6 is 11.6 Å². The molecule has 0 fully saturated rings. The summed E-state index contributed by atoms with van der Waals surface area (Å²) < 4.78 is 14.8. The molecule has 90 valence electrons. The molecule has 0 saturated heterocycles. The number of rotatable bonds is 3. The van der Waals surface area contributed by atoms with Crippen LogP contribution in [0, 0.1) is 12.7 Å². The van der Waals surface area contributed by atoms with E-state index in [4.69, 9.17) is 11.6 Å². The Morgan fingerprint density at radius 2 is 2.12 bits per heavy atom. The average Bonchev–Trinajstić information content (AvgIpc) is 2.62. The highest BCUT2D eigenvalue weighted by molar-refractivity contribution is 6.28. The molecule has 0 spiro atoms. The van der Waals surface area contributed by atoms with E-state index in [2.05, 4.69) is 17.1 Å². The van der Waals surface area contributed by atoms with Crippen LogP contribution in [0.5, 0.6) is 0 Å². The van der Waals surface area contributed by atoms with Crippen LogP contribution in [0.15, 0.2) is 18.2 Å². The SMILES string of the molecule is CCCc1nnc(Cl)n1-c1ccc(F)cc1C. The largest absolute Gasteiger partial charge is 0.269 e. The van der Waals surface area contributed by atoms with Gasteiger partial charge >= 0.3 is 0 Å². The number of hydrogen-bond donors (Lipinski definition) is 0. The second kappa shape index (κ2) is 4.84. The Morgan fingerprint density at radius 3 is 2.76 bits per heavy atom. The molecule has 0 N–H and O–H groups in total. The van der Waals surface area contributed by atoms with E-state index >= 15 is 0 Å². The standard InChI is InChI=1S/C12H13ClFN3/c1-3-4-11-15-16-12(13)17(11)10-6-5-9(14)7-8(10)2/h5-7H,3-4H2,1-2H3. The van der Waals surface area contributed by atoms with Gasteiger partial charge in [0.15, 0.2) is 0 Å². The minimum atomic E-state index is -0.257. The van der Waals surface area contributed by atoms with Gasteiger partial charge in [0.2, 0.25) is 5.28 Å². The van der Waals surface area contributed by atoms with Gasteiger partial charge in [-0.2, -0.15) is 0 Å². The van der Waals surface area contributed by atoms with Gasteiger partial charge in [0.25, 0.3) is 0 Å². The minimum absolute atomic E-state index is 0.257. The third-order valence-corrected chi connectivity index (χ3v) is 2.81. The molecule has 2 rings (SSSR count).